The Bertz CT molecular complexity index is 922. The van der Waals surface area contributed by atoms with Gasteiger partial charge in [0, 0.05) is 0 Å². The van der Waals surface area contributed by atoms with Crippen LogP contribution < -0.4 is 225 Å². The molecule has 0 aromatic carbocycles. The van der Waals surface area contributed by atoms with Crippen molar-refractivity contribution >= 4 is 147 Å². The number of rotatable bonds is 0. The zero-order chi connectivity index (χ0) is 40.5. The second-order valence-corrected chi connectivity index (χ2v) is 54.5. The quantitative estimate of drug-likeness (QED) is 0.205. The normalized spacial score (nSPS) is 39.6. The molecule has 0 aromatic rings. The predicted molar refractivity (Wildman–Crippen MR) is 220 cm³/mol. The minimum atomic E-state index is -3.19. The summed E-state index contributed by atoms with van der Waals surface area (Å²) in [5.41, 5.74) is 0. The Labute approximate surface area is 530 Å². The van der Waals surface area contributed by atoms with Crippen LogP contribution in [0.3, 0.4) is 0 Å². The van der Waals surface area contributed by atoms with Crippen molar-refractivity contribution < 1.29 is 291 Å². The van der Waals surface area contributed by atoms with Gasteiger partial charge >= 0.3 is 240 Å². The van der Waals surface area contributed by atoms with Gasteiger partial charge in [-0.05, 0) is 105 Å². The molecule has 4 fully saturated rings. The molecule has 4 rings (SSSR count). The van der Waals surface area contributed by atoms with Crippen LogP contribution in [0.2, 0.25) is 105 Å². The van der Waals surface area contributed by atoms with Gasteiger partial charge in [-0.25, -0.2) is 0 Å². The molecule has 0 spiro atoms. The van der Waals surface area contributed by atoms with Crippen LogP contribution in [0.25, 0.3) is 0 Å². The van der Waals surface area contributed by atoms with Gasteiger partial charge in [-0.2, -0.15) is 0 Å². The molecule has 8 atom stereocenters. The average molecular weight is 1180 g/mol. The van der Waals surface area contributed by atoms with Crippen LogP contribution in [0.5, 0.6) is 0 Å². The Morgan fingerprint density at radius 2 is 0.464 bits per heavy atom. The summed E-state index contributed by atoms with van der Waals surface area (Å²) in [6.45, 7) is 28.6. The molecule has 0 aromatic heterocycles. The molecule has 4 aliphatic heterocycles. The van der Waals surface area contributed by atoms with Crippen molar-refractivity contribution in [2.45, 2.75) is 105 Å². The minimum absolute atomic E-state index is 0. The van der Waals surface area contributed by atoms with E-state index in [9.17, 15) is 19.2 Å². The van der Waals surface area contributed by atoms with E-state index in [1.807, 2.05) is 78.6 Å². The fraction of sp³-hybridized carbons (Fsp3) is 1.00. The first-order valence-corrected chi connectivity index (χ1v) is 49.8. The molecule has 4 aliphatic rings. The molecule has 56 heavy (non-hydrogen) atoms. The monoisotopic (exact) mass is 1180 g/mol. The molecule has 0 N–H and O–H groups in total. The van der Waals surface area contributed by atoms with Crippen LogP contribution in [0.1, 0.15) is 0 Å². The number of hydrogen-bond donors (Lipinski definition) is 0. The fourth-order valence-corrected chi connectivity index (χ4v) is 50.9. The van der Waals surface area contributed by atoms with Gasteiger partial charge in [0.1, 0.15) is 0 Å². The molecule has 4 saturated heterocycles. The molecule has 0 aliphatic carbocycles. The van der Waals surface area contributed by atoms with E-state index in [2.05, 4.69) is 0 Å². The fourth-order valence-electron chi connectivity index (χ4n) is 4.68. The molecular formula is C16H60K4O20Si16. The molecule has 40 heteroatoms. The number of hydrogen-bond acceptors (Lipinski definition) is 20. The van der Waals surface area contributed by atoms with E-state index in [0.29, 0.717) is 0 Å². The summed E-state index contributed by atoms with van der Waals surface area (Å²) in [6.07, 6.45) is 0. The van der Waals surface area contributed by atoms with Gasteiger partial charge in [-0.1, -0.05) is 0 Å². The maximum absolute atomic E-state index is 11.6. The molecule has 0 bridgehead atoms. The van der Waals surface area contributed by atoms with E-state index in [1.165, 1.54) is 26.2 Å². The van der Waals surface area contributed by atoms with Gasteiger partial charge in [0.2, 0.25) is 35.2 Å². The van der Waals surface area contributed by atoms with Gasteiger partial charge < -0.3 is 85.0 Å². The maximum Gasteiger partial charge on any atom is 1.00 e. The Hall–Kier alpha value is 9.22. The molecule has 0 saturated carbocycles. The topological polar surface area (TPSA) is 240 Å². The van der Waals surface area contributed by atoms with E-state index in [4.69, 9.17) is 65.8 Å². The summed E-state index contributed by atoms with van der Waals surface area (Å²) < 4.78 is 86.2. The van der Waals surface area contributed by atoms with Crippen molar-refractivity contribution in [2.24, 2.45) is 0 Å². The largest absolute Gasteiger partial charge is 1.00 e. The van der Waals surface area contributed by atoms with Gasteiger partial charge in [0.15, 0.2) is 0 Å². The Kier molecular flexibility index (Phi) is 41.3. The average Bonchev–Trinajstić information content (AvgIpc) is 2.82. The smallest absolute Gasteiger partial charge is 0.818 e. The van der Waals surface area contributed by atoms with Crippen LogP contribution in [-0.2, 0) is 65.8 Å². The summed E-state index contributed by atoms with van der Waals surface area (Å²) >= 11 is 0. The van der Waals surface area contributed by atoms with E-state index in [1.54, 1.807) is 0 Å². The van der Waals surface area contributed by atoms with E-state index < -0.39 is 147 Å². The SMILES string of the molecule is C[SiH]1O[SiH2]O[Si](C)([O-])O[Si](C)(C)O1.C[SiH]1O[SiH2]O[Si](C)([O-])O[Si](C)(C)O1.C[SiH]1O[SiH2]O[Si](C)([O-])O[Si](C)(C)O1.C[SiH]1O[SiH2]O[Si](C)([O-])O[Si](C)(C)O1.[K+].[K+].[K+].[K+]. The molecule has 8 unspecified atom stereocenters. The molecule has 312 valence electrons. The van der Waals surface area contributed by atoms with Gasteiger partial charge in [-0.3, -0.25) is 0 Å². The summed E-state index contributed by atoms with van der Waals surface area (Å²) in [7, 11) is -33.0. The van der Waals surface area contributed by atoms with E-state index in [0.717, 1.165) is 0 Å². The Balaban J connectivity index is -0.000000314. The second-order valence-electron chi connectivity index (χ2n) is 13.9. The first kappa shape index (κ1) is 71.8. The summed E-state index contributed by atoms with van der Waals surface area (Å²) in [5, 5.41) is 0. The molecule has 0 amide bonds. The first-order valence-electron chi connectivity index (χ1n) is 16.6. The molecule has 20 nitrogen and oxygen atoms in total. The predicted octanol–water partition coefficient (Wildman–Crippen LogP) is -17.8. The zero-order valence-electron chi connectivity index (χ0n) is 37.3. The van der Waals surface area contributed by atoms with Gasteiger partial charge in [0.25, 0.3) is 77.2 Å². The van der Waals surface area contributed by atoms with Crippen LogP contribution in [0.15, 0.2) is 0 Å². The van der Waals surface area contributed by atoms with Crippen molar-refractivity contribution in [1.29, 1.82) is 0 Å². The van der Waals surface area contributed by atoms with Crippen LogP contribution in [0.4, 0.5) is 0 Å². The van der Waals surface area contributed by atoms with Gasteiger partial charge in [-0.15, -0.1) is 0 Å². The first-order chi connectivity index (χ1) is 23.2. The van der Waals surface area contributed by atoms with E-state index >= 15 is 0 Å². The standard InChI is InChI=1S/4C4H15O5Si4.4K/c4*1-11-6-10-7-13(4,5)9-12(2,3)8-11;;;;/h4*11H,10H2,1-4H3;;;;/q4*-1;4*+1. The second kappa shape index (κ2) is 32.2. The van der Waals surface area contributed by atoms with Crippen molar-refractivity contribution in [1.82, 2.24) is 0 Å². The minimum Gasteiger partial charge on any atom is -0.818 e. The Morgan fingerprint density at radius 1 is 0.321 bits per heavy atom. The summed E-state index contributed by atoms with van der Waals surface area (Å²) in [4.78, 5) is 46.5. The summed E-state index contributed by atoms with van der Waals surface area (Å²) in [6, 6.07) is 0. The van der Waals surface area contributed by atoms with Crippen LogP contribution >= 0.6 is 0 Å². The van der Waals surface area contributed by atoms with Gasteiger partial charge in [0.05, 0.1) is 0 Å². The van der Waals surface area contributed by atoms with Crippen molar-refractivity contribution in [3.05, 3.63) is 0 Å². The van der Waals surface area contributed by atoms with Crippen molar-refractivity contribution in [3.8, 4) is 0 Å². The van der Waals surface area contributed by atoms with Crippen LogP contribution in [-0.4, -0.2) is 147 Å². The third kappa shape index (κ3) is 37.1. The van der Waals surface area contributed by atoms with Crippen molar-refractivity contribution in [3.63, 3.8) is 0 Å². The van der Waals surface area contributed by atoms with E-state index in [-0.39, 0.29) is 206 Å². The van der Waals surface area contributed by atoms with Crippen molar-refractivity contribution in [2.75, 3.05) is 0 Å². The molecule has 0 radical (unpaired) electrons. The third-order valence-electron chi connectivity index (χ3n) is 6.02. The van der Waals surface area contributed by atoms with Crippen LogP contribution in [0, 0.1) is 0 Å². The Morgan fingerprint density at radius 3 is 0.607 bits per heavy atom. The molecular weight excluding hydrogens is 1120 g/mol. The summed E-state index contributed by atoms with van der Waals surface area (Å²) in [5.74, 6) is 0. The third-order valence-corrected chi connectivity index (χ3v) is 54.2. The zero-order valence-corrected chi connectivity index (χ0v) is 68.1. The maximum atomic E-state index is 11.6. The molecule has 4 heterocycles.